The number of unbranched alkanes of at least 4 members (excludes halogenated alkanes) is 1. The molecule has 0 aromatic heterocycles. The van der Waals surface area contributed by atoms with E-state index >= 15 is 0 Å². The lowest BCUT2D eigenvalue weighted by atomic mass is 10.1. The van der Waals surface area contributed by atoms with Crippen LogP contribution in [0.25, 0.3) is 0 Å². The first-order chi connectivity index (χ1) is 11.1. The fourth-order valence-corrected chi connectivity index (χ4v) is 2.13. The van der Waals surface area contributed by atoms with Gasteiger partial charge in [-0.15, -0.1) is 0 Å². The van der Waals surface area contributed by atoms with Crippen molar-refractivity contribution in [3.05, 3.63) is 29.3 Å². The Hall–Kier alpha value is -2.08. The number of nitrogens with one attached hydrogen (secondary N) is 3. The van der Waals surface area contributed by atoms with E-state index in [1.165, 1.54) is 0 Å². The van der Waals surface area contributed by atoms with E-state index in [0.29, 0.717) is 30.4 Å². The maximum absolute atomic E-state index is 12.1. The Kier molecular flexibility index (Phi) is 6.40. The van der Waals surface area contributed by atoms with Crippen molar-refractivity contribution in [2.75, 3.05) is 25.6 Å². The van der Waals surface area contributed by atoms with Crippen LogP contribution in [0.4, 0.5) is 10.5 Å². The number of anilines is 1. The van der Waals surface area contributed by atoms with Gasteiger partial charge in [0.25, 0.3) is 5.91 Å². The van der Waals surface area contributed by atoms with Gasteiger partial charge in [0.05, 0.1) is 0 Å². The Morgan fingerprint density at radius 2 is 2.04 bits per heavy atom. The molecule has 3 N–H and O–H groups in total. The number of amides is 3. The standard InChI is InChI=1S/C17H25N3O3/c1-12-5-6-13(16(21)19-14-7-8-14)11-15(12)20-17(22)18-9-3-4-10-23-2/h5-6,11,14H,3-4,7-10H2,1-2H3,(H,19,21)(H2,18,20,22). The lowest BCUT2D eigenvalue weighted by molar-refractivity contribution is 0.0951. The van der Waals surface area contributed by atoms with E-state index in [1.807, 2.05) is 13.0 Å². The van der Waals surface area contributed by atoms with Gasteiger partial charge in [0.15, 0.2) is 0 Å². The smallest absolute Gasteiger partial charge is 0.319 e. The molecule has 3 amide bonds. The largest absolute Gasteiger partial charge is 0.385 e. The Labute approximate surface area is 137 Å². The molecule has 1 aliphatic rings. The van der Waals surface area contributed by atoms with E-state index in [-0.39, 0.29) is 11.9 Å². The molecule has 1 saturated carbocycles. The normalized spacial score (nSPS) is 13.5. The van der Waals surface area contributed by atoms with E-state index in [1.54, 1.807) is 19.2 Å². The maximum Gasteiger partial charge on any atom is 0.319 e. The van der Waals surface area contributed by atoms with Gasteiger partial charge in [-0.05, 0) is 50.3 Å². The van der Waals surface area contributed by atoms with Crippen molar-refractivity contribution in [1.29, 1.82) is 0 Å². The van der Waals surface area contributed by atoms with Crippen LogP contribution in [-0.2, 0) is 4.74 Å². The second-order valence-corrected chi connectivity index (χ2v) is 5.86. The summed E-state index contributed by atoms with van der Waals surface area (Å²) in [4.78, 5) is 24.0. The highest BCUT2D eigenvalue weighted by Gasteiger charge is 2.24. The fraction of sp³-hybridized carbons (Fsp3) is 0.529. The Balaban J connectivity index is 1.85. The Morgan fingerprint density at radius 3 is 2.74 bits per heavy atom. The highest BCUT2D eigenvalue weighted by molar-refractivity contribution is 5.97. The molecule has 0 unspecified atom stereocenters. The summed E-state index contributed by atoms with van der Waals surface area (Å²) >= 11 is 0. The minimum atomic E-state index is -0.259. The third kappa shape index (κ3) is 5.90. The van der Waals surface area contributed by atoms with Crippen LogP contribution in [0.15, 0.2) is 18.2 Å². The molecule has 1 aromatic rings. The van der Waals surface area contributed by atoms with Gasteiger partial charge >= 0.3 is 6.03 Å². The molecule has 6 heteroatoms. The summed E-state index contributed by atoms with van der Waals surface area (Å²) < 4.78 is 4.96. The number of methoxy groups -OCH3 is 1. The van der Waals surface area contributed by atoms with E-state index in [0.717, 1.165) is 31.2 Å². The molecule has 0 heterocycles. The molecule has 2 rings (SSSR count). The van der Waals surface area contributed by atoms with Gasteiger partial charge in [-0.2, -0.15) is 0 Å². The summed E-state index contributed by atoms with van der Waals surface area (Å²) in [6.45, 7) is 3.19. The molecule has 6 nitrogen and oxygen atoms in total. The number of benzene rings is 1. The number of carbonyl (C=O) groups excluding carboxylic acids is 2. The van der Waals surface area contributed by atoms with Crippen LogP contribution in [0, 0.1) is 6.92 Å². The molecule has 0 bridgehead atoms. The van der Waals surface area contributed by atoms with Gasteiger partial charge in [-0.1, -0.05) is 6.07 Å². The first-order valence-electron chi connectivity index (χ1n) is 8.05. The average Bonchev–Trinajstić information content (AvgIpc) is 3.33. The van der Waals surface area contributed by atoms with Crippen molar-refractivity contribution in [3.8, 4) is 0 Å². The van der Waals surface area contributed by atoms with Crippen LogP contribution in [0.1, 0.15) is 41.6 Å². The monoisotopic (exact) mass is 319 g/mol. The van der Waals surface area contributed by atoms with Crippen molar-refractivity contribution in [3.63, 3.8) is 0 Å². The SMILES string of the molecule is COCCCCNC(=O)Nc1cc(C(=O)NC2CC2)ccc1C. The minimum Gasteiger partial charge on any atom is -0.385 e. The van der Waals surface area contributed by atoms with Gasteiger partial charge < -0.3 is 20.7 Å². The lowest BCUT2D eigenvalue weighted by Crippen LogP contribution is -2.30. The molecule has 0 radical (unpaired) electrons. The van der Waals surface area contributed by atoms with Crippen molar-refractivity contribution < 1.29 is 14.3 Å². The molecular formula is C17H25N3O3. The fourth-order valence-electron chi connectivity index (χ4n) is 2.13. The Bertz CT molecular complexity index is 556. The van der Waals surface area contributed by atoms with Gasteiger partial charge in [0.1, 0.15) is 0 Å². The molecule has 0 saturated heterocycles. The summed E-state index contributed by atoms with van der Waals surface area (Å²) in [5, 5.41) is 8.55. The van der Waals surface area contributed by atoms with E-state index in [2.05, 4.69) is 16.0 Å². The topological polar surface area (TPSA) is 79.5 Å². The van der Waals surface area contributed by atoms with Gasteiger partial charge in [-0.3, -0.25) is 4.79 Å². The molecule has 1 fully saturated rings. The van der Waals surface area contributed by atoms with Crippen LogP contribution in [-0.4, -0.2) is 38.2 Å². The van der Waals surface area contributed by atoms with Crippen molar-refractivity contribution in [2.24, 2.45) is 0 Å². The number of ether oxygens (including phenoxy) is 1. The summed E-state index contributed by atoms with van der Waals surface area (Å²) in [7, 11) is 1.66. The van der Waals surface area contributed by atoms with Crippen molar-refractivity contribution in [2.45, 2.75) is 38.6 Å². The van der Waals surface area contributed by atoms with Gasteiger partial charge in [0.2, 0.25) is 0 Å². The van der Waals surface area contributed by atoms with Gasteiger partial charge in [-0.25, -0.2) is 4.79 Å². The van der Waals surface area contributed by atoms with Crippen LogP contribution in [0.2, 0.25) is 0 Å². The minimum absolute atomic E-state index is 0.0875. The zero-order chi connectivity index (χ0) is 16.7. The van der Waals surface area contributed by atoms with Crippen LogP contribution >= 0.6 is 0 Å². The number of aryl methyl sites for hydroxylation is 1. The van der Waals surface area contributed by atoms with E-state index < -0.39 is 0 Å². The Morgan fingerprint density at radius 1 is 1.26 bits per heavy atom. The van der Waals surface area contributed by atoms with Crippen LogP contribution in [0.5, 0.6) is 0 Å². The first-order valence-corrected chi connectivity index (χ1v) is 8.05. The number of carbonyl (C=O) groups is 2. The summed E-state index contributed by atoms with van der Waals surface area (Å²) in [6, 6.07) is 5.40. The molecule has 126 valence electrons. The van der Waals surface area contributed by atoms with Crippen LogP contribution in [0.3, 0.4) is 0 Å². The van der Waals surface area contributed by atoms with Crippen LogP contribution < -0.4 is 16.0 Å². The number of urea groups is 1. The van der Waals surface area contributed by atoms with Crippen molar-refractivity contribution in [1.82, 2.24) is 10.6 Å². The number of hydrogen-bond donors (Lipinski definition) is 3. The molecule has 0 aliphatic heterocycles. The lowest BCUT2D eigenvalue weighted by Gasteiger charge is -2.12. The molecular weight excluding hydrogens is 294 g/mol. The predicted octanol–water partition coefficient (Wildman–Crippen LogP) is 2.44. The quantitative estimate of drug-likeness (QED) is 0.644. The third-order valence-corrected chi connectivity index (χ3v) is 3.72. The predicted molar refractivity (Wildman–Crippen MR) is 89.8 cm³/mol. The highest BCUT2D eigenvalue weighted by Crippen LogP contribution is 2.21. The summed E-state index contributed by atoms with van der Waals surface area (Å²) in [5.74, 6) is -0.0875. The number of rotatable bonds is 8. The highest BCUT2D eigenvalue weighted by atomic mass is 16.5. The molecule has 23 heavy (non-hydrogen) atoms. The van der Waals surface area contributed by atoms with Gasteiger partial charge in [0, 0.05) is 37.6 Å². The first kappa shape index (κ1) is 17.3. The van der Waals surface area contributed by atoms with E-state index in [4.69, 9.17) is 4.74 Å². The third-order valence-electron chi connectivity index (χ3n) is 3.72. The molecule has 1 aliphatic carbocycles. The van der Waals surface area contributed by atoms with Crippen molar-refractivity contribution >= 4 is 17.6 Å². The number of hydrogen-bond acceptors (Lipinski definition) is 3. The van der Waals surface area contributed by atoms with E-state index in [9.17, 15) is 9.59 Å². The second-order valence-electron chi connectivity index (χ2n) is 5.86. The molecule has 0 atom stereocenters. The summed E-state index contributed by atoms with van der Waals surface area (Å²) in [6.07, 6.45) is 3.87. The summed E-state index contributed by atoms with van der Waals surface area (Å²) in [5.41, 5.74) is 2.14. The maximum atomic E-state index is 12.1. The zero-order valence-corrected chi connectivity index (χ0v) is 13.8. The zero-order valence-electron chi connectivity index (χ0n) is 13.8. The second kappa shape index (κ2) is 8.53. The average molecular weight is 319 g/mol. The molecule has 0 spiro atoms. The molecule has 1 aromatic carbocycles.